The SMILES string of the molecule is CN=C(NCc1cccnc1OC)NC1CC(C)N(Cc2ccccc2)C1. The Hall–Kier alpha value is -2.60. The lowest BCUT2D eigenvalue weighted by Gasteiger charge is -2.21. The van der Waals surface area contributed by atoms with Gasteiger partial charge in [0.2, 0.25) is 5.88 Å². The van der Waals surface area contributed by atoms with E-state index in [1.807, 2.05) is 12.1 Å². The van der Waals surface area contributed by atoms with E-state index in [2.05, 4.69) is 62.8 Å². The van der Waals surface area contributed by atoms with Crippen molar-refractivity contribution in [1.82, 2.24) is 20.5 Å². The van der Waals surface area contributed by atoms with Crippen LogP contribution in [0.15, 0.2) is 53.7 Å². The Labute approximate surface area is 161 Å². The maximum absolute atomic E-state index is 5.31. The van der Waals surface area contributed by atoms with Crippen LogP contribution in [0.25, 0.3) is 0 Å². The molecule has 2 atom stereocenters. The monoisotopic (exact) mass is 367 g/mol. The fourth-order valence-electron chi connectivity index (χ4n) is 3.55. The molecule has 0 aliphatic carbocycles. The zero-order chi connectivity index (χ0) is 19.1. The van der Waals surface area contributed by atoms with Gasteiger partial charge in [-0.05, 0) is 25.0 Å². The van der Waals surface area contributed by atoms with Crippen LogP contribution in [-0.4, -0.2) is 48.6 Å². The molecule has 144 valence electrons. The van der Waals surface area contributed by atoms with E-state index in [4.69, 9.17) is 4.74 Å². The highest BCUT2D eigenvalue weighted by atomic mass is 16.5. The minimum Gasteiger partial charge on any atom is -0.481 e. The molecule has 1 aliphatic rings. The van der Waals surface area contributed by atoms with Gasteiger partial charge in [0, 0.05) is 50.5 Å². The third-order valence-corrected chi connectivity index (χ3v) is 4.99. The molecule has 27 heavy (non-hydrogen) atoms. The van der Waals surface area contributed by atoms with Crippen LogP contribution in [0.1, 0.15) is 24.5 Å². The number of benzene rings is 1. The van der Waals surface area contributed by atoms with Crippen LogP contribution >= 0.6 is 0 Å². The van der Waals surface area contributed by atoms with Gasteiger partial charge < -0.3 is 15.4 Å². The zero-order valence-corrected chi connectivity index (χ0v) is 16.4. The van der Waals surface area contributed by atoms with Gasteiger partial charge in [0.05, 0.1) is 7.11 Å². The lowest BCUT2D eigenvalue weighted by Crippen LogP contribution is -2.44. The molecule has 0 saturated carbocycles. The highest BCUT2D eigenvalue weighted by Crippen LogP contribution is 2.20. The summed E-state index contributed by atoms with van der Waals surface area (Å²) in [5.41, 5.74) is 2.37. The first-order valence-corrected chi connectivity index (χ1v) is 9.42. The number of ether oxygens (including phenoxy) is 1. The number of hydrogen-bond donors (Lipinski definition) is 2. The van der Waals surface area contributed by atoms with E-state index in [1.165, 1.54) is 5.56 Å². The van der Waals surface area contributed by atoms with Crippen LogP contribution in [0.5, 0.6) is 5.88 Å². The summed E-state index contributed by atoms with van der Waals surface area (Å²) in [6.07, 6.45) is 2.83. The summed E-state index contributed by atoms with van der Waals surface area (Å²) in [6, 6.07) is 15.5. The molecule has 3 rings (SSSR count). The molecule has 1 aromatic heterocycles. The summed E-state index contributed by atoms with van der Waals surface area (Å²) < 4.78 is 5.31. The molecular formula is C21H29N5O. The van der Waals surface area contributed by atoms with Crippen molar-refractivity contribution in [3.05, 3.63) is 59.8 Å². The molecule has 1 aromatic carbocycles. The first-order valence-electron chi connectivity index (χ1n) is 9.42. The largest absolute Gasteiger partial charge is 0.481 e. The molecule has 0 spiro atoms. The number of pyridine rings is 1. The molecular weight excluding hydrogens is 338 g/mol. The van der Waals surface area contributed by atoms with Crippen LogP contribution in [-0.2, 0) is 13.1 Å². The Morgan fingerprint density at radius 1 is 1.26 bits per heavy atom. The normalized spacial score (nSPS) is 20.5. The number of methoxy groups -OCH3 is 1. The quantitative estimate of drug-likeness (QED) is 0.606. The molecule has 0 radical (unpaired) electrons. The first-order chi connectivity index (χ1) is 13.2. The van der Waals surface area contributed by atoms with Crippen molar-refractivity contribution in [3.63, 3.8) is 0 Å². The molecule has 6 nitrogen and oxygen atoms in total. The van der Waals surface area contributed by atoms with Gasteiger partial charge in [-0.25, -0.2) is 4.98 Å². The van der Waals surface area contributed by atoms with Crippen LogP contribution in [0.3, 0.4) is 0 Å². The third-order valence-electron chi connectivity index (χ3n) is 4.99. The van der Waals surface area contributed by atoms with E-state index in [-0.39, 0.29) is 0 Å². The molecule has 2 N–H and O–H groups in total. The van der Waals surface area contributed by atoms with Crippen molar-refractivity contribution in [2.75, 3.05) is 20.7 Å². The van der Waals surface area contributed by atoms with Crippen molar-refractivity contribution in [3.8, 4) is 5.88 Å². The van der Waals surface area contributed by atoms with E-state index in [1.54, 1.807) is 20.4 Å². The smallest absolute Gasteiger partial charge is 0.218 e. The molecule has 0 bridgehead atoms. The van der Waals surface area contributed by atoms with E-state index in [9.17, 15) is 0 Å². The van der Waals surface area contributed by atoms with Gasteiger partial charge in [-0.3, -0.25) is 9.89 Å². The van der Waals surface area contributed by atoms with Gasteiger partial charge in [0.1, 0.15) is 0 Å². The third kappa shape index (κ3) is 5.20. The molecule has 2 unspecified atom stereocenters. The average Bonchev–Trinajstić information content (AvgIpc) is 3.05. The Bertz CT molecular complexity index is 749. The van der Waals surface area contributed by atoms with Crippen LogP contribution < -0.4 is 15.4 Å². The fourth-order valence-corrected chi connectivity index (χ4v) is 3.55. The second kappa shape index (κ2) is 9.37. The number of aromatic nitrogens is 1. The summed E-state index contributed by atoms with van der Waals surface area (Å²) in [5, 5.41) is 6.92. The number of hydrogen-bond acceptors (Lipinski definition) is 4. The van der Waals surface area contributed by atoms with Crippen molar-refractivity contribution >= 4 is 5.96 Å². The van der Waals surface area contributed by atoms with Crippen molar-refractivity contribution in [2.45, 2.75) is 38.5 Å². The van der Waals surface area contributed by atoms with Crippen LogP contribution in [0.2, 0.25) is 0 Å². The number of likely N-dealkylation sites (tertiary alicyclic amines) is 1. The summed E-state index contributed by atoms with van der Waals surface area (Å²) in [7, 11) is 3.44. The van der Waals surface area contributed by atoms with Crippen molar-refractivity contribution in [1.29, 1.82) is 0 Å². The van der Waals surface area contributed by atoms with Gasteiger partial charge >= 0.3 is 0 Å². The fraction of sp³-hybridized carbons (Fsp3) is 0.429. The Morgan fingerprint density at radius 2 is 2.07 bits per heavy atom. The first kappa shape index (κ1) is 19.2. The van der Waals surface area contributed by atoms with Gasteiger partial charge in [-0.15, -0.1) is 0 Å². The molecule has 0 amide bonds. The minimum absolute atomic E-state index is 0.380. The molecule has 1 fully saturated rings. The summed E-state index contributed by atoms with van der Waals surface area (Å²) in [6.45, 7) is 4.90. The Kier molecular flexibility index (Phi) is 6.65. The highest BCUT2D eigenvalue weighted by molar-refractivity contribution is 5.80. The molecule has 2 heterocycles. The topological polar surface area (TPSA) is 61.8 Å². The number of aliphatic imine (C=N–C) groups is 1. The number of nitrogens with one attached hydrogen (secondary N) is 2. The molecule has 1 saturated heterocycles. The predicted octanol–water partition coefficient (Wildman–Crippen LogP) is 2.42. The van der Waals surface area contributed by atoms with E-state index in [0.29, 0.717) is 24.5 Å². The maximum Gasteiger partial charge on any atom is 0.218 e. The van der Waals surface area contributed by atoms with Gasteiger partial charge in [-0.1, -0.05) is 36.4 Å². The Morgan fingerprint density at radius 3 is 2.81 bits per heavy atom. The molecule has 6 heteroatoms. The molecule has 1 aliphatic heterocycles. The second-order valence-corrected chi connectivity index (χ2v) is 6.94. The number of rotatable bonds is 6. The summed E-state index contributed by atoms with van der Waals surface area (Å²) in [5.74, 6) is 1.45. The van der Waals surface area contributed by atoms with Crippen LogP contribution in [0, 0.1) is 0 Å². The van der Waals surface area contributed by atoms with E-state index in [0.717, 1.165) is 31.0 Å². The number of guanidine groups is 1. The lowest BCUT2D eigenvalue weighted by molar-refractivity contribution is 0.258. The molecule has 2 aromatic rings. The highest BCUT2D eigenvalue weighted by Gasteiger charge is 2.29. The van der Waals surface area contributed by atoms with Crippen LogP contribution in [0.4, 0.5) is 0 Å². The Balaban J connectivity index is 1.53. The van der Waals surface area contributed by atoms with Gasteiger partial charge in [-0.2, -0.15) is 0 Å². The van der Waals surface area contributed by atoms with Crippen molar-refractivity contribution < 1.29 is 4.74 Å². The van der Waals surface area contributed by atoms with Gasteiger partial charge in [0.25, 0.3) is 0 Å². The van der Waals surface area contributed by atoms with E-state index >= 15 is 0 Å². The lowest BCUT2D eigenvalue weighted by atomic mass is 10.2. The number of nitrogens with zero attached hydrogens (tertiary/aromatic N) is 3. The van der Waals surface area contributed by atoms with Gasteiger partial charge in [0.15, 0.2) is 5.96 Å². The average molecular weight is 367 g/mol. The second-order valence-electron chi connectivity index (χ2n) is 6.94. The predicted molar refractivity (Wildman–Crippen MR) is 109 cm³/mol. The zero-order valence-electron chi connectivity index (χ0n) is 16.4. The summed E-state index contributed by atoms with van der Waals surface area (Å²) >= 11 is 0. The standard InChI is InChI=1S/C21H29N5O/c1-16-12-19(15-26(16)14-17-8-5-4-6-9-17)25-21(22-2)24-13-18-10-7-11-23-20(18)27-3/h4-11,16,19H,12-15H2,1-3H3,(H2,22,24,25). The minimum atomic E-state index is 0.380. The summed E-state index contributed by atoms with van der Waals surface area (Å²) in [4.78, 5) is 11.1. The van der Waals surface area contributed by atoms with Crippen molar-refractivity contribution in [2.24, 2.45) is 4.99 Å². The maximum atomic E-state index is 5.31. The van der Waals surface area contributed by atoms with E-state index < -0.39 is 0 Å².